The van der Waals surface area contributed by atoms with E-state index >= 15 is 0 Å². The van der Waals surface area contributed by atoms with E-state index < -0.39 is 12.0 Å². The van der Waals surface area contributed by atoms with Gasteiger partial charge in [0.25, 0.3) is 0 Å². The van der Waals surface area contributed by atoms with Crippen molar-refractivity contribution in [1.29, 1.82) is 0 Å². The number of aryl methyl sites for hydroxylation is 1. The van der Waals surface area contributed by atoms with Gasteiger partial charge in [-0.1, -0.05) is 12.1 Å². The summed E-state index contributed by atoms with van der Waals surface area (Å²) in [5, 5.41) is 9.55. The molecular weight excluding hydrogens is 259 g/mol. The van der Waals surface area contributed by atoms with E-state index in [4.69, 9.17) is 0 Å². The standard InChI is InChI=1S/C15H21FN2O2/c1-11-10-12(4-5-13(11)16)14(15(19)20)18-7-3-6-17(2)8-9-18/h4-5,10,14H,3,6-9H2,1-2H3,(H,19,20). The normalized spacial score (nSPS) is 19.6. The van der Waals surface area contributed by atoms with E-state index in [2.05, 4.69) is 4.90 Å². The average molecular weight is 280 g/mol. The minimum absolute atomic E-state index is 0.298. The number of benzene rings is 1. The molecule has 0 aromatic heterocycles. The molecule has 0 bridgehead atoms. The predicted octanol–water partition coefficient (Wildman–Crippen LogP) is 1.90. The summed E-state index contributed by atoms with van der Waals surface area (Å²) in [5.41, 5.74) is 1.14. The van der Waals surface area contributed by atoms with Crippen LogP contribution in [0.2, 0.25) is 0 Å². The number of hydrogen-bond acceptors (Lipinski definition) is 3. The summed E-state index contributed by atoms with van der Waals surface area (Å²) in [6.07, 6.45) is 0.945. The third kappa shape index (κ3) is 3.35. The van der Waals surface area contributed by atoms with Gasteiger partial charge in [0.05, 0.1) is 0 Å². The molecule has 1 unspecified atom stereocenters. The van der Waals surface area contributed by atoms with E-state index in [-0.39, 0.29) is 5.82 Å². The van der Waals surface area contributed by atoms with Gasteiger partial charge in [0.2, 0.25) is 0 Å². The van der Waals surface area contributed by atoms with E-state index in [1.807, 2.05) is 11.9 Å². The highest BCUT2D eigenvalue weighted by Crippen LogP contribution is 2.24. The van der Waals surface area contributed by atoms with Crippen LogP contribution in [0.1, 0.15) is 23.6 Å². The van der Waals surface area contributed by atoms with E-state index in [1.54, 1.807) is 19.1 Å². The molecule has 20 heavy (non-hydrogen) atoms. The third-order valence-electron chi connectivity index (χ3n) is 3.85. The molecule has 1 aromatic rings. The van der Waals surface area contributed by atoms with Crippen molar-refractivity contribution in [2.75, 3.05) is 33.2 Å². The number of carboxylic acid groups (broad SMARTS) is 1. The van der Waals surface area contributed by atoms with E-state index in [1.165, 1.54) is 6.07 Å². The number of nitrogens with zero attached hydrogens (tertiary/aromatic N) is 2. The van der Waals surface area contributed by atoms with Crippen LogP contribution in [0, 0.1) is 12.7 Å². The van der Waals surface area contributed by atoms with Crippen LogP contribution in [-0.4, -0.2) is 54.1 Å². The monoisotopic (exact) mass is 280 g/mol. The van der Waals surface area contributed by atoms with Gasteiger partial charge in [-0.3, -0.25) is 9.69 Å². The van der Waals surface area contributed by atoms with Crippen LogP contribution >= 0.6 is 0 Å². The molecule has 1 aliphatic heterocycles. The molecule has 1 heterocycles. The van der Waals surface area contributed by atoms with Crippen molar-refractivity contribution in [2.45, 2.75) is 19.4 Å². The zero-order valence-electron chi connectivity index (χ0n) is 12.0. The summed E-state index contributed by atoms with van der Waals surface area (Å²) in [6, 6.07) is 3.88. The Morgan fingerprint density at radius 2 is 2.05 bits per heavy atom. The zero-order chi connectivity index (χ0) is 14.7. The Morgan fingerprint density at radius 3 is 2.70 bits per heavy atom. The number of aliphatic carboxylic acids is 1. The molecule has 0 saturated carbocycles. The lowest BCUT2D eigenvalue weighted by atomic mass is 10.0. The Balaban J connectivity index is 2.26. The highest BCUT2D eigenvalue weighted by Gasteiger charge is 2.28. The van der Waals surface area contributed by atoms with E-state index in [0.717, 1.165) is 26.1 Å². The summed E-state index contributed by atoms with van der Waals surface area (Å²) in [5.74, 6) is -1.17. The second kappa shape index (κ2) is 6.33. The van der Waals surface area contributed by atoms with Crippen LogP contribution < -0.4 is 0 Å². The topological polar surface area (TPSA) is 43.8 Å². The highest BCUT2D eigenvalue weighted by molar-refractivity contribution is 5.75. The Labute approximate surface area is 118 Å². The Morgan fingerprint density at radius 1 is 1.30 bits per heavy atom. The molecule has 1 atom stereocenters. The first kappa shape index (κ1) is 14.9. The number of carboxylic acids is 1. The van der Waals surface area contributed by atoms with Crippen LogP contribution in [0.25, 0.3) is 0 Å². The highest BCUT2D eigenvalue weighted by atomic mass is 19.1. The Hall–Kier alpha value is -1.46. The first-order valence-corrected chi connectivity index (χ1v) is 6.90. The maximum atomic E-state index is 13.4. The molecule has 0 radical (unpaired) electrons. The Kier molecular flexibility index (Phi) is 4.73. The number of hydrogen-bond donors (Lipinski definition) is 1. The van der Waals surface area contributed by atoms with Crippen molar-refractivity contribution in [1.82, 2.24) is 9.80 Å². The lowest BCUT2D eigenvalue weighted by Crippen LogP contribution is -2.36. The van der Waals surface area contributed by atoms with Gasteiger partial charge in [0.1, 0.15) is 11.9 Å². The first-order chi connectivity index (χ1) is 9.49. The maximum Gasteiger partial charge on any atom is 0.325 e. The summed E-state index contributed by atoms with van der Waals surface area (Å²) in [7, 11) is 2.04. The van der Waals surface area contributed by atoms with Gasteiger partial charge in [-0.2, -0.15) is 0 Å². The number of halogens is 1. The van der Waals surface area contributed by atoms with Crippen molar-refractivity contribution in [3.63, 3.8) is 0 Å². The molecule has 0 amide bonds. The SMILES string of the molecule is Cc1cc(C(C(=O)O)N2CCCN(C)CC2)ccc1F. The Bertz CT molecular complexity index is 493. The minimum Gasteiger partial charge on any atom is -0.480 e. The van der Waals surface area contributed by atoms with E-state index in [0.29, 0.717) is 17.7 Å². The van der Waals surface area contributed by atoms with Gasteiger partial charge < -0.3 is 10.0 Å². The molecule has 0 aliphatic carbocycles. The molecule has 1 fully saturated rings. The van der Waals surface area contributed by atoms with Gasteiger partial charge in [-0.15, -0.1) is 0 Å². The predicted molar refractivity (Wildman–Crippen MR) is 75.2 cm³/mol. The van der Waals surface area contributed by atoms with Gasteiger partial charge in [0.15, 0.2) is 0 Å². The molecule has 1 aromatic carbocycles. The van der Waals surface area contributed by atoms with Crippen molar-refractivity contribution >= 4 is 5.97 Å². The molecule has 2 rings (SSSR count). The summed E-state index contributed by atoms with van der Waals surface area (Å²) in [6.45, 7) is 4.95. The quantitative estimate of drug-likeness (QED) is 0.918. The number of carbonyl (C=O) groups is 1. The maximum absolute atomic E-state index is 13.4. The molecule has 5 heteroatoms. The van der Waals surface area contributed by atoms with Crippen molar-refractivity contribution < 1.29 is 14.3 Å². The van der Waals surface area contributed by atoms with Crippen molar-refractivity contribution in [3.8, 4) is 0 Å². The lowest BCUT2D eigenvalue weighted by molar-refractivity contribution is -0.143. The zero-order valence-corrected chi connectivity index (χ0v) is 12.0. The fraction of sp³-hybridized carbons (Fsp3) is 0.533. The fourth-order valence-electron chi connectivity index (χ4n) is 2.67. The first-order valence-electron chi connectivity index (χ1n) is 6.90. The van der Waals surface area contributed by atoms with E-state index in [9.17, 15) is 14.3 Å². The molecule has 110 valence electrons. The van der Waals surface area contributed by atoms with Crippen molar-refractivity contribution in [2.24, 2.45) is 0 Å². The van der Waals surface area contributed by atoms with Gasteiger partial charge in [-0.05, 0) is 44.1 Å². The van der Waals surface area contributed by atoms with Crippen LogP contribution in [0.15, 0.2) is 18.2 Å². The van der Waals surface area contributed by atoms with Crippen LogP contribution in [0.3, 0.4) is 0 Å². The largest absolute Gasteiger partial charge is 0.480 e. The lowest BCUT2D eigenvalue weighted by Gasteiger charge is -2.28. The van der Waals surface area contributed by atoms with Crippen molar-refractivity contribution in [3.05, 3.63) is 35.1 Å². The second-order valence-corrected chi connectivity index (χ2v) is 5.44. The molecule has 1 saturated heterocycles. The van der Waals surface area contributed by atoms with Gasteiger partial charge >= 0.3 is 5.97 Å². The second-order valence-electron chi connectivity index (χ2n) is 5.44. The van der Waals surface area contributed by atoms with Crippen LogP contribution in [0.5, 0.6) is 0 Å². The van der Waals surface area contributed by atoms with Crippen LogP contribution in [0.4, 0.5) is 4.39 Å². The fourth-order valence-corrected chi connectivity index (χ4v) is 2.67. The summed E-state index contributed by atoms with van der Waals surface area (Å²) < 4.78 is 13.4. The third-order valence-corrected chi connectivity index (χ3v) is 3.85. The molecule has 4 nitrogen and oxygen atoms in total. The van der Waals surface area contributed by atoms with Gasteiger partial charge in [-0.25, -0.2) is 4.39 Å². The smallest absolute Gasteiger partial charge is 0.325 e. The molecular formula is C15H21FN2O2. The van der Waals surface area contributed by atoms with Crippen LogP contribution in [-0.2, 0) is 4.79 Å². The molecule has 1 N–H and O–H groups in total. The van der Waals surface area contributed by atoms with Gasteiger partial charge in [0, 0.05) is 19.6 Å². The average Bonchev–Trinajstić information content (AvgIpc) is 2.59. The number of likely N-dealkylation sites (N-methyl/N-ethyl adjacent to an activating group) is 1. The summed E-state index contributed by atoms with van der Waals surface area (Å²) in [4.78, 5) is 15.8. The minimum atomic E-state index is -0.874. The number of rotatable bonds is 3. The molecule has 1 aliphatic rings. The summed E-state index contributed by atoms with van der Waals surface area (Å²) >= 11 is 0. The molecule has 0 spiro atoms.